The van der Waals surface area contributed by atoms with Crippen LogP contribution >= 0.6 is 0 Å². The highest BCUT2D eigenvalue weighted by Crippen LogP contribution is 2.37. The minimum absolute atomic E-state index is 0.00971. The summed E-state index contributed by atoms with van der Waals surface area (Å²) in [5.41, 5.74) is 3.80. The molecular formula is C19H17NO2. The Balaban J connectivity index is 1.65. The third-order valence-electron chi connectivity index (χ3n) is 4.68. The van der Waals surface area contributed by atoms with Gasteiger partial charge in [0.2, 0.25) is 0 Å². The van der Waals surface area contributed by atoms with Gasteiger partial charge in [0.1, 0.15) is 0 Å². The molecule has 1 unspecified atom stereocenters. The lowest BCUT2D eigenvalue weighted by molar-refractivity contribution is 0.0936. The van der Waals surface area contributed by atoms with Crippen LogP contribution in [0.2, 0.25) is 0 Å². The van der Waals surface area contributed by atoms with E-state index >= 15 is 0 Å². The number of amides is 1. The lowest BCUT2D eigenvalue weighted by Crippen LogP contribution is -2.34. The molecule has 3 heteroatoms. The number of hydrogen-bond acceptors (Lipinski definition) is 2. The van der Waals surface area contributed by atoms with Crippen molar-refractivity contribution in [1.29, 1.82) is 0 Å². The summed E-state index contributed by atoms with van der Waals surface area (Å²) < 4.78 is 0. The van der Waals surface area contributed by atoms with E-state index in [4.69, 9.17) is 0 Å². The second kappa shape index (κ2) is 4.80. The molecule has 22 heavy (non-hydrogen) atoms. The van der Waals surface area contributed by atoms with E-state index in [0.29, 0.717) is 17.0 Å². The van der Waals surface area contributed by atoms with Crippen LogP contribution < -0.4 is 5.32 Å². The molecule has 0 saturated heterocycles. The number of hydrogen-bond donors (Lipinski definition) is 1. The first-order valence-electron chi connectivity index (χ1n) is 7.74. The highest BCUT2D eigenvalue weighted by molar-refractivity contribution is 6.22. The number of nitrogens with one attached hydrogen (secondary N) is 1. The van der Waals surface area contributed by atoms with Crippen molar-refractivity contribution in [1.82, 2.24) is 5.32 Å². The van der Waals surface area contributed by atoms with Gasteiger partial charge in [-0.1, -0.05) is 30.3 Å². The van der Waals surface area contributed by atoms with Crippen molar-refractivity contribution in [2.75, 3.05) is 0 Å². The maximum absolute atomic E-state index is 12.5. The van der Waals surface area contributed by atoms with E-state index in [0.717, 1.165) is 16.7 Å². The molecule has 0 aromatic heterocycles. The van der Waals surface area contributed by atoms with E-state index in [1.54, 1.807) is 6.07 Å². The monoisotopic (exact) mass is 291 g/mol. The quantitative estimate of drug-likeness (QED) is 0.803. The molecule has 110 valence electrons. The fourth-order valence-electron chi connectivity index (χ4n) is 3.17. The first kappa shape index (κ1) is 13.3. The van der Waals surface area contributed by atoms with Crippen LogP contribution in [0.1, 0.15) is 46.0 Å². The number of ketones is 1. The molecular weight excluding hydrogens is 274 g/mol. The van der Waals surface area contributed by atoms with Crippen LogP contribution in [0.5, 0.6) is 0 Å². The molecule has 0 radical (unpaired) electrons. The summed E-state index contributed by atoms with van der Waals surface area (Å²) in [6.45, 7) is 2.05. The van der Waals surface area contributed by atoms with Gasteiger partial charge in [0.05, 0.1) is 0 Å². The highest BCUT2D eigenvalue weighted by atomic mass is 16.1. The van der Waals surface area contributed by atoms with E-state index in [2.05, 4.69) is 5.32 Å². The van der Waals surface area contributed by atoms with Gasteiger partial charge in [-0.15, -0.1) is 0 Å². The van der Waals surface area contributed by atoms with Crippen molar-refractivity contribution in [3.8, 4) is 11.1 Å². The molecule has 0 aliphatic heterocycles. The van der Waals surface area contributed by atoms with Crippen molar-refractivity contribution >= 4 is 11.7 Å². The Morgan fingerprint density at radius 2 is 1.73 bits per heavy atom. The predicted molar refractivity (Wildman–Crippen MR) is 85.0 cm³/mol. The van der Waals surface area contributed by atoms with Gasteiger partial charge in [-0.3, -0.25) is 9.59 Å². The van der Waals surface area contributed by atoms with Crippen LogP contribution in [0, 0.1) is 5.92 Å². The second-order valence-electron chi connectivity index (χ2n) is 6.23. The predicted octanol–water partition coefficient (Wildman–Crippen LogP) is 3.43. The molecule has 0 spiro atoms. The van der Waals surface area contributed by atoms with Gasteiger partial charge >= 0.3 is 0 Å². The summed E-state index contributed by atoms with van der Waals surface area (Å²) in [4.78, 5) is 24.8. The van der Waals surface area contributed by atoms with Crippen LogP contribution in [-0.4, -0.2) is 17.7 Å². The van der Waals surface area contributed by atoms with Crippen molar-refractivity contribution < 1.29 is 9.59 Å². The Kier molecular flexibility index (Phi) is 2.89. The Morgan fingerprint density at radius 3 is 2.45 bits per heavy atom. The molecule has 0 bridgehead atoms. The van der Waals surface area contributed by atoms with Gasteiger partial charge in [0, 0.05) is 22.7 Å². The van der Waals surface area contributed by atoms with E-state index in [-0.39, 0.29) is 17.7 Å². The smallest absolute Gasteiger partial charge is 0.251 e. The first-order chi connectivity index (χ1) is 10.6. The maximum Gasteiger partial charge on any atom is 0.251 e. The van der Waals surface area contributed by atoms with Gasteiger partial charge in [-0.05, 0) is 48.9 Å². The van der Waals surface area contributed by atoms with Crippen LogP contribution in [-0.2, 0) is 0 Å². The zero-order valence-corrected chi connectivity index (χ0v) is 12.4. The summed E-state index contributed by atoms with van der Waals surface area (Å²) in [7, 11) is 0. The van der Waals surface area contributed by atoms with Crippen molar-refractivity contribution in [3.63, 3.8) is 0 Å². The Hall–Kier alpha value is -2.42. The van der Waals surface area contributed by atoms with Gasteiger partial charge in [-0.2, -0.15) is 0 Å². The maximum atomic E-state index is 12.5. The molecule has 2 aliphatic carbocycles. The zero-order valence-electron chi connectivity index (χ0n) is 12.4. The summed E-state index contributed by atoms with van der Waals surface area (Å²) in [6.07, 6.45) is 2.39. The van der Waals surface area contributed by atoms with Crippen LogP contribution in [0.4, 0.5) is 0 Å². The average Bonchev–Trinajstić information content (AvgIpc) is 3.35. The standard InChI is InChI=1S/C19H17NO2/c1-11(12-6-7-12)20-19(22)13-8-9-15-14-4-2-3-5-16(14)18(21)17(15)10-13/h2-5,8-12H,6-7H2,1H3,(H,20,22). The van der Waals surface area contributed by atoms with E-state index < -0.39 is 0 Å². The fraction of sp³-hybridized carbons (Fsp3) is 0.263. The number of benzene rings is 2. The van der Waals surface area contributed by atoms with Crippen molar-refractivity contribution in [2.24, 2.45) is 5.92 Å². The molecule has 2 aromatic rings. The molecule has 1 saturated carbocycles. The summed E-state index contributed by atoms with van der Waals surface area (Å²) in [6, 6.07) is 13.2. The third kappa shape index (κ3) is 2.05. The number of rotatable bonds is 3. The summed E-state index contributed by atoms with van der Waals surface area (Å²) in [5, 5.41) is 3.04. The Labute approximate surface area is 129 Å². The molecule has 2 aromatic carbocycles. The van der Waals surface area contributed by atoms with E-state index in [1.165, 1.54) is 12.8 Å². The minimum atomic E-state index is -0.0917. The lowest BCUT2D eigenvalue weighted by Gasteiger charge is -2.13. The molecule has 1 atom stereocenters. The van der Waals surface area contributed by atoms with Gasteiger partial charge in [0.25, 0.3) is 5.91 Å². The molecule has 0 heterocycles. The molecule has 2 aliphatic rings. The molecule has 1 N–H and O–H groups in total. The summed E-state index contributed by atoms with van der Waals surface area (Å²) >= 11 is 0. The van der Waals surface area contributed by atoms with Gasteiger partial charge in [0.15, 0.2) is 5.78 Å². The first-order valence-corrected chi connectivity index (χ1v) is 7.74. The highest BCUT2D eigenvalue weighted by Gasteiger charge is 2.30. The van der Waals surface area contributed by atoms with Gasteiger partial charge < -0.3 is 5.32 Å². The number of carbonyl (C=O) groups is 2. The van der Waals surface area contributed by atoms with Gasteiger partial charge in [-0.25, -0.2) is 0 Å². The minimum Gasteiger partial charge on any atom is -0.349 e. The number of carbonyl (C=O) groups excluding carboxylic acids is 2. The molecule has 3 nitrogen and oxygen atoms in total. The zero-order chi connectivity index (χ0) is 15.3. The summed E-state index contributed by atoms with van der Waals surface area (Å²) in [5.74, 6) is 0.533. The molecule has 1 amide bonds. The number of fused-ring (bicyclic) bond motifs is 3. The topological polar surface area (TPSA) is 46.2 Å². The lowest BCUT2D eigenvalue weighted by atomic mass is 10.0. The SMILES string of the molecule is CC(NC(=O)c1ccc2c(c1)C(=O)c1ccccc1-2)C1CC1. The second-order valence-corrected chi connectivity index (χ2v) is 6.23. The van der Waals surface area contributed by atoms with E-state index in [9.17, 15) is 9.59 Å². The molecule has 1 fully saturated rings. The normalized spacial score (nSPS) is 16.9. The fourth-order valence-corrected chi connectivity index (χ4v) is 3.17. The average molecular weight is 291 g/mol. The van der Waals surface area contributed by atoms with Crippen molar-refractivity contribution in [3.05, 3.63) is 59.2 Å². The largest absolute Gasteiger partial charge is 0.349 e. The van der Waals surface area contributed by atoms with Crippen LogP contribution in [0.15, 0.2) is 42.5 Å². The Morgan fingerprint density at radius 1 is 1.05 bits per heavy atom. The van der Waals surface area contributed by atoms with Crippen LogP contribution in [0.3, 0.4) is 0 Å². The third-order valence-corrected chi connectivity index (χ3v) is 4.68. The Bertz CT molecular complexity index is 790. The van der Waals surface area contributed by atoms with Crippen LogP contribution in [0.25, 0.3) is 11.1 Å². The van der Waals surface area contributed by atoms with E-state index in [1.807, 2.05) is 43.3 Å². The van der Waals surface area contributed by atoms with Crippen molar-refractivity contribution in [2.45, 2.75) is 25.8 Å². The molecule has 4 rings (SSSR count).